The molecule has 1 aromatic rings. The standard InChI is InChI=1S/C18H28N2O2S/c1-17(2,3)15-12-18(4,10-11-20(15)16(21)22)19-13-6-8-14(23-5)9-7-13/h6-9,15,19H,10-12H2,1-5H3,(H,21,22). The Labute approximate surface area is 143 Å². The van der Waals surface area contributed by atoms with Gasteiger partial charge in [-0.2, -0.15) is 0 Å². The first-order chi connectivity index (χ1) is 10.6. The second-order valence-electron chi connectivity index (χ2n) is 7.73. The monoisotopic (exact) mass is 336 g/mol. The number of hydrogen-bond donors (Lipinski definition) is 2. The van der Waals surface area contributed by atoms with Crippen LogP contribution in [0, 0.1) is 5.41 Å². The first-order valence-electron chi connectivity index (χ1n) is 8.06. The zero-order chi connectivity index (χ0) is 17.3. The van der Waals surface area contributed by atoms with E-state index < -0.39 is 6.09 Å². The molecule has 2 atom stereocenters. The molecule has 0 aromatic heterocycles. The summed E-state index contributed by atoms with van der Waals surface area (Å²) >= 11 is 1.73. The van der Waals surface area contributed by atoms with Crippen LogP contribution in [0.2, 0.25) is 0 Å². The van der Waals surface area contributed by atoms with Crippen molar-refractivity contribution in [2.75, 3.05) is 18.1 Å². The van der Waals surface area contributed by atoms with Gasteiger partial charge in [0, 0.05) is 28.7 Å². The van der Waals surface area contributed by atoms with Gasteiger partial charge < -0.3 is 15.3 Å². The molecule has 128 valence electrons. The first-order valence-corrected chi connectivity index (χ1v) is 9.29. The van der Waals surface area contributed by atoms with Crippen LogP contribution in [0.15, 0.2) is 29.2 Å². The van der Waals surface area contributed by atoms with Gasteiger partial charge in [0.05, 0.1) is 0 Å². The molecule has 2 unspecified atom stereocenters. The highest BCUT2D eigenvalue weighted by Gasteiger charge is 2.43. The van der Waals surface area contributed by atoms with Crippen molar-refractivity contribution >= 4 is 23.5 Å². The van der Waals surface area contributed by atoms with E-state index in [4.69, 9.17) is 0 Å². The van der Waals surface area contributed by atoms with Crippen molar-refractivity contribution in [1.82, 2.24) is 4.90 Å². The Morgan fingerprint density at radius 2 is 1.96 bits per heavy atom. The molecule has 0 saturated carbocycles. The van der Waals surface area contributed by atoms with Crippen LogP contribution in [0.3, 0.4) is 0 Å². The van der Waals surface area contributed by atoms with Gasteiger partial charge in [-0.1, -0.05) is 20.8 Å². The molecule has 5 heteroatoms. The highest BCUT2D eigenvalue weighted by molar-refractivity contribution is 7.98. The van der Waals surface area contributed by atoms with Gasteiger partial charge in [-0.15, -0.1) is 11.8 Å². The number of likely N-dealkylation sites (tertiary alicyclic amines) is 1. The molecule has 0 spiro atoms. The van der Waals surface area contributed by atoms with Crippen LogP contribution in [0.5, 0.6) is 0 Å². The summed E-state index contributed by atoms with van der Waals surface area (Å²) in [5.74, 6) is 0. The third-order valence-electron chi connectivity index (χ3n) is 4.71. The van der Waals surface area contributed by atoms with Gasteiger partial charge in [0.1, 0.15) is 0 Å². The van der Waals surface area contributed by atoms with Gasteiger partial charge in [-0.3, -0.25) is 0 Å². The van der Waals surface area contributed by atoms with E-state index in [2.05, 4.69) is 63.5 Å². The van der Waals surface area contributed by atoms with Crippen molar-refractivity contribution in [3.05, 3.63) is 24.3 Å². The summed E-state index contributed by atoms with van der Waals surface area (Å²) in [5, 5.41) is 13.1. The molecule has 1 amide bonds. The zero-order valence-electron chi connectivity index (χ0n) is 14.7. The fourth-order valence-corrected chi connectivity index (χ4v) is 3.71. The molecule has 0 bridgehead atoms. The van der Waals surface area contributed by atoms with Crippen molar-refractivity contribution in [2.45, 2.75) is 57.0 Å². The molecular formula is C18H28N2O2S. The summed E-state index contributed by atoms with van der Waals surface area (Å²) in [6, 6.07) is 8.45. The molecule has 1 aromatic carbocycles. The van der Waals surface area contributed by atoms with E-state index in [0.29, 0.717) is 6.54 Å². The van der Waals surface area contributed by atoms with Crippen molar-refractivity contribution in [1.29, 1.82) is 0 Å². The third-order valence-corrected chi connectivity index (χ3v) is 5.45. The zero-order valence-corrected chi connectivity index (χ0v) is 15.5. The first kappa shape index (κ1) is 18.0. The summed E-state index contributed by atoms with van der Waals surface area (Å²) in [6.45, 7) is 9.13. The van der Waals surface area contributed by atoms with E-state index in [1.807, 2.05) is 0 Å². The lowest BCUT2D eigenvalue weighted by molar-refractivity contribution is 0.0403. The summed E-state index contributed by atoms with van der Waals surface area (Å²) in [5.41, 5.74) is 0.927. The van der Waals surface area contributed by atoms with Gasteiger partial charge in [-0.25, -0.2) is 4.79 Å². The molecule has 1 saturated heterocycles. The summed E-state index contributed by atoms with van der Waals surface area (Å²) in [4.78, 5) is 14.4. The number of benzene rings is 1. The number of nitrogens with one attached hydrogen (secondary N) is 1. The minimum Gasteiger partial charge on any atom is -0.465 e. The van der Waals surface area contributed by atoms with Crippen LogP contribution in [-0.2, 0) is 0 Å². The Balaban J connectivity index is 2.16. The highest BCUT2D eigenvalue weighted by Crippen LogP contribution is 2.38. The lowest BCUT2D eigenvalue weighted by Crippen LogP contribution is -2.58. The molecule has 23 heavy (non-hydrogen) atoms. The number of piperidine rings is 1. The predicted octanol–water partition coefficient (Wildman–Crippen LogP) is 4.77. The minimum absolute atomic E-state index is 0.0109. The molecule has 0 radical (unpaired) electrons. The van der Waals surface area contributed by atoms with Crippen molar-refractivity contribution in [3.8, 4) is 0 Å². The van der Waals surface area contributed by atoms with E-state index in [1.54, 1.807) is 16.7 Å². The van der Waals surface area contributed by atoms with Crippen molar-refractivity contribution in [3.63, 3.8) is 0 Å². The minimum atomic E-state index is -0.809. The lowest BCUT2D eigenvalue weighted by Gasteiger charge is -2.49. The fraction of sp³-hybridized carbons (Fsp3) is 0.611. The molecular weight excluding hydrogens is 308 g/mol. The second kappa shape index (κ2) is 6.63. The Bertz CT molecular complexity index is 553. The molecule has 2 rings (SSSR count). The normalized spacial score (nSPS) is 25.3. The number of anilines is 1. The summed E-state index contributed by atoms with van der Waals surface area (Å²) in [7, 11) is 0. The van der Waals surface area contributed by atoms with E-state index in [0.717, 1.165) is 18.5 Å². The van der Waals surface area contributed by atoms with E-state index in [9.17, 15) is 9.90 Å². The third kappa shape index (κ3) is 4.34. The molecule has 1 heterocycles. The van der Waals surface area contributed by atoms with Crippen LogP contribution in [0.4, 0.5) is 10.5 Å². The molecule has 2 N–H and O–H groups in total. The maximum absolute atomic E-state index is 11.6. The van der Waals surface area contributed by atoms with Crippen LogP contribution in [-0.4, -0.2) is 40.5 Å². The fourth-order valence-electron chi connectivity index (χ4n) is 3.30. The summed E-state index contributed by atoms with van der Waals surface area (Å²) < 4.78 is 0. The van der Waals surface area contributed by atoms with Gasteiger partial charge in [-0.05, 0) is 55.7 Å². The molecule has 4 nitrogen and oxygen atoms in total. The number of rotatable bonds is 3. The predicted molar refractivity (Wildman–Crippen MR) is 97.5 cm³/mol. The number of carboxylic acid groups (broad SMARTS) is 1. The number of carbonyl (C=O) groups is 1. The van der Waals surface area contributed by atoms with Crippen LogP contribution in [0.1, 0.15) is 40.5 Å². The average molecular weight is 337 g/mol. The topological polar surface area (TPSA) is 52.6 Å². The van der Waals surface area contributed by atoms with Gasteiger partial charge >= 0.3 is 6.09 Å². The number of amides is 1. The van der Waals surface area contributed by atoms with Crippen molar-refractivity contribution < 1.29 is 9.90 Å². The van der Waals surface area contributed by atoms with Crippen molar-refractivity contribution in [2.24, 2.45) is 5.41 Å². The van der Waals surface area contributed by atoms with Gasteiger partial charge in [0.2, 0.25) is 0 Å². The average Bonchev–Trinajstić information content (AvgIpc) is 2.46. The van der Waals surface area contributed by atoms with Gasteiger partial charge in [0.15, 0.2) is 0 Å². The Morgan fingerprint density at radius 1 is 1.35 bits per heavy atom. The summed E-state index contributed by atoms with van der Waals surface area (Å²) in [6.07, 6.45) is 2.89. The lowest BCUT2D eigenvalue weighted by atomic mass is 9.74. The molecule has 1 fully saturated rings. The Hall–Kier alpha value is -1.36. The van der Waals surface area contributed by atoms with E-state index in [1.165, 1.54) is 4.90 Å². The maximum atomic E-state index is 11.6. The molecule has 1 aliphatic heterocycles. The van der Waals surface area contributed by atoms with Gasteiger partial charge in [0.25, 0.3) is 0 Å². The van der Waals surface area contributed by atoms with E-state index in [-0.39, 0.29) is 17.0 Å². The van der Waals surface area contributed by atoms with Crippen LogP contribution in [0.25, 0.3) is 0 Å². The largest absolute Gasteiger partial charge is 0.465 e. The number of hydrogen-bond acceptors (Lipinski definition) is 3. The SMILES string of the molecule is CSc1ccc(NC2(C)CCN(C(=O)O)C(C(C)(C)C)C2)cc1. The van der Waals surface area contributed by atoms with Crippen LogP contribution < -0.4 is 5.32 Å². The van der Waals surface area contributed by atoms with Crippen LogP contribution >= 0.6 is 11.8 Å². The number of thioether (sulfide) groups is 1. The quantitative estimate of drug-likeness (QED) is 0.781. The number of nitrogens with zero attached hydrogens (tertiary/aromatic N) is 1. The Morgan fingerprint density at radius 3 is 2.43 bits per heavy atom. The smallest absolute Gasteiger partial charge is 0.407 e. The highest BCUT2D eigenvalue weighted by atomic mass is 32.2. The maximum Gasteiger partial charge on any atom is 0.407 e. The molecule has 1 aliphatic rings. The van der Waals surface area contributed by atoms with E-state index >= 15 is 0 Å². The Kier molecular flexibility index (Phi) is 5.19. The molecule has 0 aliphatic carbocycles. The second-order valence-corrected chi connectivity index (χ2v) is 8.61.